The van der Waals surface area contributed by atoms with Gasteiger partial charge >= 0.3 is 0 Å². The number of terminal acetylenes is 1. The number of amides is 2. The van der Waals surface area contributed by atoms with Crippen molar-refractivity contribution >= 4 is 23.2 Å². The molecule has 0 fully saturated rings. The zero-order valence-electron chi connectivity index (χ0n) is 13.8. The van der Waals surface area contributed by atoms with Gasteiger partial charge in [-0.25, -0.2) is 4.90 Å². The van der Waals surface area contributed by atoms with E-state index in [4.69, 9.17) is 12.2 Å². The van der Waals surface area contributed by atoms with Crippen molar-refractivity contribution < 1.29 is 9.59 Å². The number of carbonyl (C=O) groups is 2. The van der Waals surface area contributed by atoms with E-state index >= 15 is 0 Å². The zero-order chi connectivity index (χ0) is 18.3. The fourth-order valence-electron chi connectivity index (χ4n) is 2.97. The van der Waals surface area contributed by atoms with Crippen LogP contribution < -0.4 is 10.6 Å². The molecule has 0 radical (unpaired) electrons. The molecule has 2 aromatic carbocycles. The summed E-state index contributed by atoms with van der Waals surface area (Å²) in [4.78, 5) is 25.9. The van der Waals surface area contributed by atoms with Crippen molar-refractivity contribution in [3.8, 4) is 23.5 Å². The van der Waals surface area contributed by atoms with Crippen molar-refractivity contribution in [2.75, 3.05) is 10.6 Å². The lowest BCUT2D eigenvalue weighted by Gasteiger charge is -2.14. The second-order valence-electron chi connectivity index (χ2n) is 5.99. The van der Waals surface area contributed by atoms with E-state index in [1.807, 2.05) is 0 Å². The van der Waals surface area contributed by atoms with Crippen LogP contribution >= 0.6 is 0 Å². The largest absolute Gasteiger partial charge is 0.399 e. The van der Waals surface area contributed by atoms with Gasteiger partial charge in [-0.15, -0.1) is 6.42 Å². The van der Waals surface area contributed by atoms with Crippen molar-refractivity contribution in [1.29, 1.82) is 0 Å². The van der Waals surface area contributed by atoms with E-state index in [9.17, 15) is 9.59 Å². The number of nitrogens with two attached hydrogens (primary N) is 1. The van der Waals surface area contributed by atoms with E-state index < -0.39 is 5.91 Å². The maximum Gasteiger partial charge on any atom is 0.267 e. The molecule has 2 N–H and O–H groups in total. The molecule has 2 amide bonds. The maximum atomic E-state index is 12.5. The average molecular weight is 338 g/mol. The van der Waals surface area contributed by atoms with Gasteiger partial charge in [0.05, 0.1) is 16.8 Å². The SMILES string of the molecule is C#Cc1cccc2c1C(=O)N(c1cccc(N)c1)C2=O.c1cc2ccc1-2. The zero-order valence-corrected chi connectivity index (χ0v) is 13.8. The number of hydrogen-bond acceptors (Lipinski definition) is 3. The van der Waals surface area contributed by atoms with E-state index in [-0.39, 0.29) is 11.5 Å². The Kier molecular flexibility index (Phi) is 3.56. The van der Waals surface area contributed by atoms with Crippen molar-refractivity contribution in [2.45, 2.75) is 0 Å². The Morgan fingerprint density at radius 1 is 0.846 bits per heavy atom. The first-order valence-corrected chi connectivity index (χ1v) is 8.04. The monoisotopic (exact) mass is 338 g/mol. The van der Waals surface area contributed by atoms with Crippen LogP contribution in [0.25, 0.3) is 11.1 Å². The second-order valence-corrected chi connectivity index (χ2v) is 5.99. The van der Waals surface area contributed by atoms with Crippen LogP contribution in [0.2, 0.25) is 0 Å². The average Bonchev–Trinajstić information content (AvgIpc) is 2.89. The Labute approximate surface area is 150 Å². The molecule has 0 bridgehead atoms. The number of nitrogen functional groups attached to an aromatic ring is 1. The molecule has 1 heterocycles. The highest BCUT2D eigenvalue weighted by Gasteiger charge is 2.38. The summed E-state index contributed by atoms with van der Waals surface area (Å²) in [6, 6.07) is 20.0. The van der Waals surface area contributed by atoms with Gasteiger partial charge < -0.3 is 5.73 Å². The van der Waals surface area contributed by atoms with Crippen molar-refractivity contribution in [3.63, 3.8) is 0 Å². The van der Waals surface area contributed by atoms with Gasteiger partial charge in [-0.1, -0.05) is 42.3 Å². The van der Waals surface area contributed by atoms with Crippen LogP contribution in [-0.2, 0) is 0 Å². The minimum Gasteiger partial charge on any atom is -0.399 e. The number of rotatable bonds is 1. The van der Waals surface area contributed by atoms with Crippen molar-refractivity contribution in [2.24, 2.45) is 0 Å². The lowest BCUT2D eigenvalue weighted by atomic mass is 9.95. The number of hydrogen-bond donors (Lipinski definition) is 1. The summed E-state index contributed by atoms with van der Waals surface area (Å²) in [5.74, 6) is 1.64. The van der Waals surface area contributed by atoms with E-state index in [2.05, 4.69) is 30.2 Å². The molecule has 2 aromatic rings. The second kappa shape index (κ2) is 5.91. The van der Waals surface area contributed by atoms with Gasteiger partial charge in [-0.2, -0.15) is 0 Å². The van der Waals surface area contributed by atoms with Crippen LogP contribution in [0.1, 0.15) is 26.3 Å². The molecule has 0 unspecified atom stereocenters. The normalized spacial score (nSPS) is 12.8. The third kappa shape index (κ3) is 2.35. The summed E-state index contributed by atoms with van der Waals surface area (Å²) in [6.07, 6.45) is 5.39. The van der Waals surface area contributed by atoms with Gasteiger partial charge in [0, 0.05) is 11.3 Å². The molecule has 2 aliphatic carbocycles. The minimum atomic E-state index is -0.413. The predicted octanol–water partition coefficient (Wildman–Crippen LogP) is 3.72. The lowest BCUT2D eigenvalue weighted by molar-refractivity contribution is 0.0926. The Morgan fingerprint density at radius 2 is 1.50 bits per heavy atom. The van der Waals surface area contributed by atoms with Gasteiger partial charge in [0.15, 0.2) is 0 Å². The van der Waals surface area contributed by atoms with Gasteiger partial charge in [0.25, 0.3) is 11.8 Å². The van der Waals surface area contributed by atoms with Gasteiger partial charge in [-0.3, -0.25) is 9.59 Å². The van der Waals surface area contributed by atoms with Crippen molar-refractivity contribution in [1.82, 2.24) is 0 Å². The molecule has 4 heteroatoms. The quantitative estimate of drug-likeness (QED) is 0.327. The predicted molar refractivity (Wildman–Crippen MR) is 102 cm³/mol. The Balaban J connectivity index is 0.000000233. The minimum absolute atomic E-state index is 0.280. The molecule has 0 spiro atoms. The Bertz CT molecular complexity index is 1070. The first-order chi connectivity index (χ1) is 12.6. The maximum absolute atomic E-state index is 12.5. The van der Waals surface area contributed by atoms with E-state index in [1.54, 1.807) is 42.5 Å². The summed E-state index contributed by atoms with van der Waals surface area (Å²) in [7, 11) is 0. The number of fused-ring (bicyclic) bond motifs is 2. The van der Waals surface area contributed by atoms with Gasteiger partial charge in [0.1, 0.15) is 0 Å². The van der Waals surface area contributed by atoms with E-state index in [0.29, 0.717) is 22.5 Å². The summed E-state index contributed by atoms with van der Waals surface area (Å²) < 4.78 is 0. The molecule has 26 heavy (non-hydrogen) atoms. The summed E-state index contributed by atoms with van der Waals surface area (Å²) in [5, 5.41) is 0. The molecule has 3 aliphatic rings. The van der Waals surface area contributed by atoms with Crippen LogP contribution in [-0.4, -0.2) is 11.8 Å². The number of nitrogens with zero attached hydrogens (tertiary/aromatic N) is 1. The first kappa shape index (κ1) is 15.7. The third-order valence-electron chi connectivity index (χ3n) is 4.42. The highest BCUT2D eigenvalue weighted by molar-refractivity contribution is 6.35. The molecule has 4 nitrogen and oxygen atoms in total. The number of carbonyl (C=O) groups excluding carboxylic acids is 2. The lowest BCUT2D eigenvalue weighted by Crippen LogP contribution is -2.29. The van der Waals surface area contributed by atoms with Crippen LogP contribution in [0.3, 0.4) is 0 Å². The fourth-order valence-corrected chi connectivity index (χ4v) is 2.97. The first-order valence-electron chi connectivity index (χ1n) is 8.04. The number of benzene rings is 3. The molecule has 124 valence electrons. The molecule has 0 aromatic heterocycles. The Morgan fingerprint density at radius 3 is 2.04 bits per heavy atom. The molecular weight excluding hydrogens is 324 g/mol. The van der Waals surface area contributed by atoms with Gasteiger partial charge in [0.2, 0.25) is 0 Å². The van der Waals surface area contributed by atoms with Crippen LogP contribution in [0.4, 0.5) is 11.4 Å². The van der Waals surface area contributed by atoms with Crippen molar-refractivity contribution in [3.05, 3.63) is 83.4 Å². The summed E-state index contributed by atoms with van der Waals surface area (Å²) in [6.45, 7) is 0. The molecule has 5 rings (SSSR count). The standard InChI is InChI=1S/C16H10N2O2.C6H4/c1-2-10-5-3-8-13-14(10)16(20)18(15(13)19)12-7-4-6-11(17)9-12;1-2-6-4-3-5(1)6/h1,3-9H,17H2;1-4H. The molecule has 0 saturated carbocycles. The number of anilines is 2. The van der Waals surface area contributed by atoms with Crippen LogP contribution in [0.15, 0.2) is 66.7 Å². The third-order valence-corrected chi connectivity index (χ3v) is 4.42. The molecular formula is C22H14N2O2. The van der Waals surface area contributed by atoms with E-state index in [1.165, 1.54) is 11.1 Å². The summed E-state index contributed by atoms with van der Waals surface area (Å²) >= 11 is 0. The van der Waals surface area contributed by atoms with E-state index in [0.717, 1.165) is 4.90 Å². The highest BCUT2D eigenvalue weighted by Crippen LogP contribution is 2.31. The van der Waals surface area contributed by atoms with Crippen LogP contribution in [0.5, 0.6) is 0 Å². The molecule has 1 aliphatic heterocycles. The summed E-state index contributed by atoms with van der Waals surface area (Å²) in [5.41, 5.74) is 10.5. The molecule has 0 saturated heterocycles. The molecule has 0 atom stereocenters. The smallest absolute Gasteiger partial charge is 0.267 e. The highest BCUT2D eigenvalue weighted by atomic mass is 16.2. The number of imide groups is 1. The Hall–Kier alpha value is -3.84. The van der Waals surface area contributed by atoms with Gasteiger partial charge in [-0.05, 0) is 41.5 Å². The van der Waals surface area contributed by atoms with Crippen LogP contribution in [0, 0.1) is 12.3 Å². The topological polar surface area (TPSA) is 63.4 Å². The fraction of sp³-hybridized carbons (Fsp3) is 0.